The normalized spacial score (nSPS) is 9.72. The fraction of sp³-hybridized carbons (Fsp3) is 0. The van der Waals surface area contributed by atoms with Gasteiger partial charge in [0, 0.05) is 6.07 Å². The second-order valence-electron chi connectivity index (χ2n) is 3.65. The van der Waals surface area contributed by atoms with Gasteiger partial charge in [-0.25, -0.2) is 0 Å². The lowest BCUT2D eigenvalue weighted by molar-refractivity contribution is -0.385. The monoisotopic (exact) mass is 240 g/mol. The average Bonchev–Trinajstić information content (AvgIpc) is 2.37. The Kier molecular flexibility index (Phi) is 2.94. The molecule has 0 aliphatic carbocycles. The van der Waals surface area contributed by atoms with E-state index in [-0.39, 0.29) is 17.0 Å². The fourth-order valence-corrected chi connectivity index (χ4v) is 1.65. The summed E-state index contributed by atoms with van der Waals surface area (Å²) in [5.41, 5.74) is 1.12. The van der Waals surface area contributed by atoms with Crippen molar-refractivity contribution in [2.24, 2.45) is 0 Å². The highest BCUT2D eigenvalue weighted by molar-refractivity contribution is 5.69. The number of phenolic OH excluding ortho intramolecular Hbond substituents is 1. The zero-order chi connectivity index (χ0) is 13.1. The number of hydrogen-bond donors (Lipinski definition) is 1. The second-order valence-corrected chi connectivity index (χ2v) is 3.65. The number of phenols is 1. The van der Waals surface area contributed by atoms with Crippen LogP contribution in [0.25, 0.3) is 11.1 Å². The highest BCUT2D eigenvalue weighted by atomic mass is 16.6. The maximum absolute atomic E-state index is 10.7. The standard InChI is InChI=1S/C13H8N2O3/c14-8-11-6-10(4-5-13(11)15(17)18)9-2-1-3-12(16)7-9/h1-7,16H. The van der Waals surface area contributed by atoms with Gasteiger partial charge in [-0.1, -0.05) is 12.1 Å². The highest BCUT2D eigenvalue weighted by Crippen LogP contribution is 2.27. The highest BCUT2D eigenvalue weighted by Gasteiger charge is 2.14. The van der Waals surface area contributed by atoms with Gasteiger partial charge in [0.1, 0.15) is 17.4 Å². The van der Waals surface area contributed by atoms with Crippen molar-refractivity contribution >= 4 is 5.69 Å². The van der Waals surface area contributed by atoms with Crippen LogP contribution in [0.15, 0.2) is 42.5 Å². The number of nitriles is 1. The molecule has 2 aromatic carbocycles. The topological polar surface area (TPSA) is 87.2 Å². The number of nitro groups is 1. The number of nitrogens with zero attached hydrogens (tertiary/aromatic N) is 2. The van der Waals surface area contributed by atoms with E-state index in [4.69, 9.17) is 5.26 Å². The van der Waals surface area contributed by atoms with Crippen LogP contribution in [0.2, 0.25) is 0 Å². The molecule has 88 valence electrons. The largest absolute Gasteiger partial charge is 0.508 e. The van der Waals surface area contributed by atoms with Crippen molar-refractivity contribution in [1.82, 2.24) is 0 Å². The SMILES string of the molecule is N#Cc1cc(-c2cccc(O)c2)ccc1[N+](=O)[O-]. The summed E-state index contributed by atoms with van der Waals surface area (Å²) in [6, 6.07) is 12.5. The van der Waals surface area contributed by atoms with Crippen LogP contribution in [0.1, 0.15) is 5.56 Å². The molecule has 2 aromatic rings. The molecule has 0 bridgehead atoms. The summed E-state index contributed by atoms with van der Waals surface area (Å²) < 4.78 is 0. The van der Waals surface area contributed by atoms with Crippen molar-refractivity contribution in [3.8, 4) is 22.9 Å². The predicted molar refractivity (Wildman–Crippen MR) is 64.9 cm³/mol. The third-order valence-electron chi connectivity index (χ3n) is 2.49. The number of hydrogen-bond acceptors (Lipinski definition) is 4. The first kappa shape index (κ1) is 11.6. The summed E-state index contributed by atoms with van der Waals surface area (Å²) in [5.74, 6) is 0.101. The van der Waals surface area contributed by atoms with E-state index in [1.165, 1.54) is 24.3 Å². The maximum atomic E-state index is 10.7. The van der Waals surface area contributed by atoms with Crippen LogP contribution >= 0.6 is 0 Å². The number of rotatable bonds is 2. The molecular formula is C13H8N2O3. The minimum absolute atomic E-state index is 0.000780. The molecular weight excluding hydrogens is 232 g/mol. The summed E-state index contributed by atoms with van der Waals surface area (Å²) in [6.45, 7) is 0. The van der Waals surface area contributed by atoms with E-state index < -0.39 is 4.92 Å². The third-order valence-corrected chi connectivity index (χ3v) is 2.49. The molecule has 0 aromatic heterocycles. The Morgan fingerprint density at radius 2 is 1.89 bits per heavy atom. The van der Waals surface area contributed by atoms with Crippen molar-refractivity contribution in [3.63, 3.8) is 0 Å². The summed E-state index contributed by atoms with van der Waals surface area (Å²) in [7, 11) is 0. The van der Waals surface area contributed by atoms with E-state index >= 15 is 0 Å². The Morgan fingerprint density at radius 3 is 2.50 bits per heavy atom. The first-order chi connectivity index (χ1) is 8.61. The van der Waals surface area contributed by atoms with Crippen LogP contribution in [0.3, 0.4) is 0 Å². The molecule has 0 aliphatic heterocycles. The number of nitro benzene ring substituents is 1. The summed E-state index contributed by atoms with van der Waals surface area (Å²) in [6.07, 6.45) is 0. The van der Waals surface area contributed by atoms with Gasteiger partial charge in [0.05, 0.1) is 4.92 Å². The van der Waals surface area contributed by atoms with Crippen LogP contribution in [0.4, 0.5) is 5.69 Å². The molecule has 18 heavy (non-hydrogen) atoms. The van der Waals surface area contributed by atoms with Gasteiger partial charge in [0.15, 0.2) is 0 Å². The molecule has 0 saturated carbocycles. The maximum Gasteiger partial charge on any atom is 0.287 e. The van der Waals surface area contributed by atoms with E-state index in [0.29, 0.717) is 11.1 Å². The zero-order valence-corrected chi connectivity index (χ0v) is 9.20. The van der Waals surface area contributed by atoms with Gasteiger partial charge >= 0.3 is 0 Å². The molecule has 0 aliphatic rings. The Hall–Kier alpha value is -2.87. The first-order valence-electron chi connectivity index (χ1n) is 5.10. The molecule has 0 atom stereocenters. The first-order valence-corrected chi connectivity index (χ1v) is 5.10. The predicted octanol–water partition coefficient (Wildman–Crippen LogP) is 2.84. The molecule has 0 saturated heterocycles. The van der Waals surface area contributed by atoms with E-state index in [1.807, 2.05) is 0 Å². The lowest BCUT2D eigenvalue weighted by Crippen LogP contribution is -1.92. The fourth-order valence-electron chi connectivity index (χ4n) is 1.65. The quantitative estimate of drug-likeness (QED) is 0.645. The Bertz CT molecular complexity index is 660. The Morgan fingerprint density at radius 1 is 1.17 bits per heavy atom. The molecule has 0 spiro atoms. The molecule has 0 amide bonds. The second kappa shape index (κ2) is 4.55. The van der Waals surface area contributed by atoms with E-state index in [9.17, 15) is 15.2 Å². The minimum atomic E-state index is -0.592. The molecule has 5 heteroatoms. The van der Waals surface area contributed by atoms with Gasteiger partial charge < -0.3 is 5.11 Å². The molecule has 1 N–H and O–H groups in total. The van der Waals surface area contributed by atoms with E-state index in [0.717, 1.165) is 0 Å². The lowest BCUT2D eigenvalue weighted by atomic mass is 10.0. The van der Waals surface area contributed by atoms with Crippen LogP contribution in [0, 0.1) is 21.4 Å². The van der Waals surface area contributed by atoms with Crippen LogP contribution in [-0.4, -0.2) is 10.0 Å². The van der Waals surface area contributed by atoms with Crippen molar-refractivity contribution in [1.29, 1.82) is 5.26 Å². The van der Waals surface area contributed by atoms with Gasteiger partial charge in [-0.15, -0.1) is 0 Å². The van der Waals surface area contributed by atoms with Gasteiger partial charge in [-0.05, 0) is 35.4 Å². The van der Waals surface area contributed by atoms with Gasteiger partial charge in [0.2, 0.25) is 0 Å². The summed E-state index contributed by atoms with van der Waals surface area (Å²) >= 11 is 0. The zero-order valence-electron chi connectivity index (χ0n) is 9.20. The van der Waals surface area contributed by atoms with E-state index in [1.54, 1.807) is 24.3 Å². The molecule has 0 heterocycles. The van der Waals surface area contributed by atoms with Crippen LogP contribution in [-0.2, 0) is 0 Å². The third kappa shape index (κ3) is 2.13. The minimum Gasteiger partial charge on any atom is -0.508 e. The molecule has 5 nitrogen and oxygen atoms in total. The van der Waals surface area contributed by atoms with Crippen molar-refractivity contribution in [2.45, 2.75) is 0 Å². The lowest BCUT2D eigenvalue weighted by Gasteiger charge is -2.03. The van der Waals surface area contributed by atoms with Crippen molar-refractivity contribution in [3.05, 3.63) is 58.1 Å². The van der Waals surface area contributed by atoms with Gasteiger partial charge in [-0.3, -0.25) is 10.1 Å². The van der Waals surface area contributed by atoms with E-state index in [2.05, 4.69) is 0 Å². The molecule has 0 fully saturated rings. The van der Waals surface area contributed by atoms with Gasteiger partial charge in [-0.2, -0.15) is 5.26 Å². The van der Waals surface area contributed by atoms with Gasteiger partial charge in [0.25, 0.3) is 5.69 Å². The molecule has 2 rings (SSSR count). The smallest absolute Gasteiger partial charge is 0.287 e. The Balaban J connectivity index is 2.55. The average molecular weight is 240 g/mol. The Labute approximate surface area is 103 Å². The number of benzene rings is 2. The number of aromatic hydroxyl groups is 1. The van der Waals surface area contributed by atoms with Crippen molar-refractivity contribution < 1.29 is 10.0 Å². The molecule has 0 unspecified atom stereocenters. The summed E-state index contributed by atoms with van der Waals surface area (Å²) in [5, 5.41) is 29.0. The molecule has 0 radical (unpaired) electrons. The summed E-state index contributed by atoms with van der Waals surface area (Å²) in [4.78, 5) is 10.1. The van der Waals surface area contributed by atoms with Crippen molar-refractivity contribution in [2.75, 3.05) is 0 Å². The van der Waals surface area contributed by atoms with Crippen LogP contribution < -0.4 is 0 Å². The van der Waals surface area contributed by atoms with Crippen LogP contribution in [0.5, 0.6) is 5.75 Å².